The van der Waals surface area contributed by atoms with Gasteiger partial charge in [-0.1, -0.05) is 19.0 Å². The van der Waals surface area contributed by atoms with E-state index in [9.17, 15) is 4.79 Å². The molecule has 0 saturated carbocycles. The summed E-state index contributed by atoms with van der Waals surface area (Å²) < 4.78 is 10.8. The summed E-state index contributed by atoms with van der Waals surface area (Å²) >= 11 is 0. The lowest BCUT2D eigenvalue weighted by atomic mass is 10.0. The highest BCUT2D eigenvalue weighted by Crippen LogP contribution is 2.26. The van der Waals surface area contributed by atoms with Crippen LogP contribution in [0.4, 0.5) is 0 Å². The van der Waals surface area contributed by atoms with Crippen LogP contribution in [0, 0.1) is 0 Å². The number of benzene rings is 1. The van der Waals surface area contributed by atoms with E-state index in [1.807, 2.05) is 32.0 Å². The highest BCUT2D eigenvalue weighted by molar-refractivity contribution is 5.94. The summed E-state index contributed by atoms with van der Waals surface area (Å²) in [5.41, 5.74) is 1.80. The minimum atomic E-state index is -0.00375. The maximum Gasteiger partial charge on any atom is 0.253 e. The predicted molar refractivity (Wildman–Crippen MR) is 89.3 cm³/mol. The van der Waals surface area contributed by atoms with Crippen LogP contribution in [0.3, 0.4) is 0 Å². The van der Waals surface area contributed by atoms with Crippen LogP contribution in [-0.4, -0.2) is 41.1 Å². The molecule has 1 aromatic carbocycles. The van der Waals surface area contributed by atoms with Crippen LogP contribution in [0.25, 0.3) is 0 Å². The predicted octanol–water partition coefficient (Wildman–Crippen LogP) is 2.83. The van der Waals surface area contributed by atoms with Gasteiger partial charge in [-0.25, -0.2) is 0 Å². The molecule has 1 aromatic heterocycles. The van der Waals surface area contributed by atoms with Crippen molar-refractivity contribution in [3.05, 3.63) is 41.0 Å². The summed E-state index contributed by atoms with van der Waals surface area (Å²) in [6.07, 6.45) is 2.53. The molecular formula is C18H23N3O3. The zero-order chi connectivity index (χ0) is 17.1. The largest absolute Gasteiger partial charge is 0.493 e. The molecule has 3 rings (SSSR count). The normalized spacial score (nSPS) is 13.5. The second kappa shape index (κ2) is 7.03. The van der Waals surface area contributed by atoms with Crippen molar-refractivity contribution in [2.45, 2.75) is 39.0 Å². The lowest BCUT2D eigenvalue weighted by molar-refractivity contribution is 0.0795. The molecule has 0 atom stereocenters. The average Bonchev–Trinajstić information content (AvgIpc) is 3.08. The number of ether oxygens (including phenoxy) is 1. The smallest absolute Gasteiger partial charge is 0.253 e. The molecule has 6 heteroatoms. The molecule has 24 heavy (non-hydrogen) atoms. The quantitative estimate of drug-likeness (QED) is 0.844. The highest BCUT2D eigenvalue weighted by atomic mass is 16.5. The zero-order valence-electron chi connectivity index (χ0n) is 14.4. The van der Waals surface area contributed by atoms with Crippen molar-refractivity contribution in [2.24, 2.45) is 0 Å². The number of hydrogen-bond acceptors (Lipinski definition) is 5. The topological polar surface area (TPSA) is 68.5 Å². The van der Waals surface area contributed by atoms with Crippen LogP contribution in [0.15, 0.2) is 22.7 Å². The van der Waals surface area contributed by atoms with Crippen LogP contribution < -0.4 is 4.74 Å². The Balaban J connectivity index is 1.61. The highest BCUT2D eigenvalue weighted by Gasteiger charge is 2.17. The van der Waals surface area contributed by atoms with E-state index in [4.69, 9.17) is 9.26 Å². The third-order valence-corrected chi connectivity index (χ3v) is 4.15. The number of carbonyl (C=O) groups is 1. The third-order valence-electron chi connectivity index (χ3n) is 4.15. The molecule has 0 bridgehead atoms. The summed E-state index contributed by atoms with van der Waals surface area (Å²) in [5, 5.41) is 3.96. The number of amides is 1. The first-order valence-corrected chi connectivity index (χ1v) is 8.38. The first kappa shape index (κ1) is 16.5. The van der Waals surface area contributed by atoms with Gasteiger partial charge in [0.15, 0.2) is 5.82 Å². The summed E-state index contributed by atoms with van der Waals surface area (Å²) in [4.78, 5) is 18.6. The second-order valence-electron chi connectivity index (χ2n) is 6.45. The molecule has 2 heterocycles. The fourth-order valence-corrected chi connectivity index (χ4v) is 2.69. The summed E-state index contributed by atoms with van der Waals surface area (Å²) in [6.45, 7) is 5.31. The molecule has 0 fully saturated rings. The standard InChI is InChI=1S/C18H23N3O3/c1-12(2)17-19-16(20-24-17)8-9-21(3)18(22)14-6-7-15-13(11-14)5-4-10-23-15/h6-7,11-12H,4-5,8-10H2,1-3H3. The van der Waals surface area contributed by atoms with Crippen molar-refractivity contribution in [3.63, 3.8) is 0 Å². The molecule has 2 aromatic rings. The molecule has 0 unspecified atom stereocenters. The fraction of sp³-hybridized carbons (Fsp3) is 0.500. The molecular weight excluding hydrogens is 306 g/mol. The van der Waals surface area contributed by atoms with E-state index in [2.05, 4.69) is 10.1 Å². The zero-order valence-corrected chi connectivity index (χ0v) is 14.4. The van der Waals surface area contributed by atoms with Crippen molar-refractivity contribution < 1.29 is 14.1 Å². The molecule has 1 aliphatic heterocycles. The van der Waals surface area contributed by atoms with Crippen molar-refractivity contribution in [1.82, 2.24) is 15.0 Å². The van der Waals surface area contributed by atoms with Crippen molar-refractivity contribution in [1.29, 1.82) is 0 Å². The van der Waals surface area contributed by atoms with Crippen molar-refractivity contribution in [3.8, 4) is 5.75 Å². The summed E-state index contributed by atoms with van der Waals surface area (Å²) in [6, 6.07) is 5.66. The van der Waals surface area contributed by atoms with Crippen LogP contribution in [0.5, 0.6) is 5.75 Å². The van der Waals surface area contributed by atoms with E-state index in [-0.39, 0.29) is 11.8 Å². The summed E-state index contributed by atoms with van der Waals surface area (Å²) in [5.74, 6) is 2.37. The van der Waals surface area contributed by atoms with Crippen LogP contribution >= 0.6 is 0 Å². The van der Waals surface area contributed by atoms with Gasteiger partial charge in [0.1, 0.15) is 5.75 Å². The maximum atomic E-state index is 12.6. The Morgan fingerprint density at radius 3 is 2.96 bits per heavy atom. The van der Waals surface area contributed by atoms with Crippen molar-refractivity contribution in [2.75, 3.05) is 20.2 Å². The van der Waals surface area contributed by atoms with Gasteiger partial charge in [0.25, 0.3) is 5.91 Å². The van der Waals surface area contributed by atoms with Gasteiger partial charge in [-0.2, -0.15) is 4.98 Å². The maximum absolute atomic E-state index is 12.6. The Labute approximate surface area is 141 Å². The number of aromatic nitrogens is 2. The number of aryl methyl sites for hydroxylation is 1. The second-order valence-corrected chi connectivity index (χ2v) is 6.45. The number of hydrogen-bond donors (Lipinski definition) is 0. The third kappa shape index (κ3) is 3.58. The van der Waals surface area contributed by atoms with E-state index < -0.39 is 0 Å². The van der Waals surface area contributed by atoms with Gasteiger partial charge < -0.3 is 14.2 Å². The Morgan fingerprint density at radius 1 is 1.38 bits per heavy atom. The van der Waals surface area contributed by atoms with Crippen LogP contribution in [-0.2, 0) is 12.8 Å². The SMILES string of the molecule is CC(C)c1nc(CCN(C)C(=O)c2ccc3c(c2)CCCO3)no1. The van der Waals surface area contributed by atoms with Gasteiger partial charge in [-0.05, 0) is 36.6 Å². The van der Waals surface area contributed by atoms with E-state index in [1.165, 1.54) is 0 Å². The average molecular weight is 329 g/mol. The molecule has 6 nitrogen and oxygen atoms in total. The Bertz CT molecular complexity index is 724. The number of nitrogens with zero attached hydrogens (tertiary/aromatic N) is 3. The van der Waals surface area contributed by atoms with Gasteiger partial charge in [-0.15, -0.1) is 0 Å². The Kier molecular flexibility index (Phi) is 4.83. The fourth-order valence-electron chi connectivity index (χ4n) is 2.69. The van der Waals surface area contributed by atoms with Gasteiger partial charge >= 0.3 is 0 Å². The molecule has 0 saturated heterocycles. The van der Waals surface area contributed by atoms with Crippen LogP contribution in [0.2, 0.25) is 0 Å². The number of likely N-dealkylation sites (N-methyl/N-ethyl adjacent to an activating group) is 1. The molecule has 0 N–H and O–H groups in total. The molecule has 0 spiro atoms. The Morgan fingerprint density at radius 2 is 2.21 bits per heavy atom. The van der Waals surface area contributed by atoms with Gasteiger partial charge in [-0.3, -0.25) is 4.79 Å². The van der Waals surface area contributed by atoms with Crippen LogP contribution in [0.1, 0.15) is 53.8 Å². The van der Waals surface area contributed by atoms with E-state index in [0.717, 1.165) is 30.8 Å². The number of fused-ring (bicyclic) bond motifs is 1. The van der Waals surface area contributed by atoms with Gasteiger partial charge in [0.2, 0.25) is 5.89 Å². The van der Waals surface area contributed by atoms with E-state index >= 15 is 0 Å². The molecule has 128 valence electrons. The van der Waals surface area contributed by atoms with Gasteiger partial charge in [0.05, 0.1) is 6.61 Å². The minimum Gasteiger partial charge on any atom is -0.493 e. The first-order chi connectivity index (χ1) is 11.5. The molecule has 0 aliphatic carbocycles. The number of carbonyl (C=O) groups excluding carboxylic acids is 1. The molecule has 1 aliphatic rings. The summed E-state index contributed by atoms with van der Waals surface area (Å²) in [7, 11) is 1.79. The van der Waals surface area contributed by atoms with E-state index in [1.54, 1.807) is 11.9 Å². The lowest BCUT2D eigenvalue weighted by Gasteiger charge is -2.20. The molecule has 1 amide bonds. The minimum absolute atomic E-state index is 0.00375. The number of rotatable bonds is 5. The molecule has 0 radical (unpaired) electrons. The monoisotopic (exact) mass is 329 g/mol. The van der Waals surface area contributed by atoms with E-state index in [0.29, 0.717) is 30.2 Å². The Hall–Kier alpha value is -2.37. The lowest BCUT2D eigenvalue weighted by Crippen LogP contribution is -2.29. The van der Waals surface area contributed by atoms with Gasteiger partial charge in [0, 0.05) is 31.5 Å². The van der Waals surface area contributed by atoms with Crippen molar-refractivity contribution >= 4 is 5.91 Å². The first-order valence-electron chi connectivity index (χ1n) is 8.38.